The largest absolute Gasteiger partial charge is 0.323 e. The summed E-state index contributed by atoms with van der Waals surface area (Å²) in [6.07, 6.45) is 7.53. The van der Waals surface area contributed by atoms with Crippen molar-refractivity contribution in [3.63, 3.8) is 0 Å². The summed E-state index contributed by atoms with van der Waals surface area (Å²) in [5.74, 6) is 2.77. The molecule has 0 radical (unpaired) electrons. The van der Waals surface area contributed by atoms with Crippen LogP contribution in [0.5, 0.6) is 0 Å². The predicted octanol–water partition coefficient (Wildman–Crippen LogP) is 2.31. The van der Waals surface area contributed by atoms with Crippen molar-refractivity contribution in [1.29, 1.82) is 0 Å². The first-order chi connectivity index (χ1) is 9.13. The van der Waals surface area contributed by atoms with Gasteiger partial charge in [-0.3, -0.25) is 5.32 Å². The molecule has 2 aromatic rings. The van der Waals surface area contributed by atoms with E-state index in [4.69, 9.17) is 6.42 Å². The number of aromatic amines is 2. The molecule has 100 valence electrons. The van der Waals surface area contributed by atoms with Gasteiger partial charge in [-0.05, 0) is 31.0 Å². The maximum atomic E-state index is 11.2. The second-order valence-corrected chi connectivity index (χ2v) is 4.78. The number of fused-ring (bicyclic) bond motifs is 1. The average molecular weight is 257 g/mol. The van der Waals surface area contributed by atoms with Crippen LogP contribution >= 0.6 is 0 Å². The summed E-state index contributed by atoms with van der Waals surface area (Å²) < 4.78 is 0. The van der Waals surface area contributed by atoms with E-state index in [1.54, 1.807) is 0 Å². The van der Waals surface area contributed by atoms with Gasteiger partial charge in [0.2, 0.25) is 0 Å². The minimum atomic E-state index is -0.180. The molecule has 0 amide bonds. The third-order valence-corrected chi connectivity index (χ3v) is 3.27. The zero-order valence-corrected chi connectivity index (χ0v) is 11.3. The van der Waals surface area contributed by atoms with E-state index in [0.717, 1.165) is 29.4 Å². The lowest BCUT2D eigenvalue weighted by molar-refractivity contribution is 0.495. The molecule has 1 aromatic carbocycles. The van der Waals surface area contributed by atoms with Gasteiger partial charge in [0, 0.05) is 6.04 Å². The van der Waals surface area contributed by atoms with Crippen LogP contribution in [0.25, 0.3) is 11.0 Å². The maximum absolute atomic E-state index is 11.2. The van der Waals surface area contributed by atoms with E-state index in [1.165, 1.54) is 0 Å². The first-order valence-corrected chi connectivity index (χ1v) is 6.58. The molecule has 2 rings (SSSR count). The zero-order chi connectivity index (χ0) is 13.8. The lowest BCUT2D eigenvalue weighted by Crippen LogP contribution is -2.30. The van der Waals surface area contributed by atoms with Gasteiger partial charge in [0.25, 0.3) is 0 Å². The fourth-order valence-corrected chi connectivity index (χ4v) is 2.22. The second kappa shape index (κ2) is 5.77. The number of rotatable bonds is 5. The molecule has 0 aliphatic carbocycles. The Balaban J connectivity index is 2.18. The van der Waals surface area contributed by atoms with Crippen molar-refractivity contribution in [2.24, 2.45) is 0 Å². The smallest absolute Gasteiger partial charge is 0.306 e. The number of H-pyrrole nitrogens is 2. The summed E-state index contributed by atoms with van der Waals surface area (Å²) in [6.45, 7) is 4.19. The van der Waals surface area contributed by atoms with Gasteiger partial charge in [-0.25, -0.2) is 4.79 Å². The van der Waals surface area contributed by atoms with Crippen LogP contribution in [0.1, 0.15) is 38.3 Å². The number of imidazole rings is 1. The van der Waals surface area contributed by atoms with Gasteiger partial charge in [-0.1, -0.05) is 25.3 Å². The zero-order valence-electron chi connectivity index (χ0n) is 11.3. The van der Waals surface area contributed by atoms with Gasteiger partial charge in [0.1, 0.15) is 0 Å². The lowest BCUT2D eigenvalue weighted by Gasteiger charge is -2.19. The van der Waals surface area contributed by atoms with Crippen LogP contribution in [0, 0.1) is 12.3 Å². The molecule has 0 saturated carbocycles. The molecule has 1 heterocycles. The first kappa shape index (κ1) is 13.4. The standard InChI is InChI=1S/C15H19N3O/c1-4-6-12(5-2)16-10(3)11-7-8-13-14(9-11)18-15(19)17-13/h2,7-10,12,16H,4,6H2,1,3H3,(H2,17,18,19). The Bertz CT molecular complexity index is 647. The molecule has 0 saturated heterocycles. The van der Waals surface area contributed by atoms with Crippen LogP contribution in [0.3, 0.4) is 0 Å². The SMILES string of the molecule is C#CC(CCC)NC(C)c1ccc2[nH]c(=O)[nH]c2c1. The summed E-state index contributed by atoms with van der Waals surface area (Å²) in [4.78, 5) is 16.7. The highest BCUT2D eigenvalue weighted by atomic mass is 16.1. The van der Waals surface area contributed by atoms with E-state index in [2.05, 4.69) is 35.1 Å². The van der Waals surface area contributed by atoms with Crippen LogP contribution < -0.4 is 11.0 Å². The van der Waals surface area contributed by atoms with E-state index in [-0.39, 0.29) is 17.8 Å². The van der Waals surface area contributed by atoms with Crippen molar-refractivity contribution in [3.8, 4) is 12.3 Å². The van der Waals surface area contributed by atoms with E-state index in [1.807, 2.05) is 18.2 Å². The quantitative estimate of drug-likeness (QED) is 0.720. The van der Waals surface area contributed by atoms with Gasteiger partial charge in [0.05, 0.1) is 17.1 Å². The molecule has 0 aliphatic heterocycles. The van der Waals surface area contributed by atoms with Crippen molar-refractivity contribution in [1.82, 2.24) is 15.3 Å². The number of nitrogens with one attached hydrogen (secondary N) is 3. The van der Waals surface area contributed by atoms with Crippen molar-refractivity contribution < 1.29 is 0 Å². The molecule has 0 bridgehead atoms. The summed E-state index contributed by atoms with van der Waals surface area (Å²) in [6, 6.07) is 6.12. The summed E-state index contributed by atoms with van der Waals surface area (Å²) in [7, 11) is 0. The minimum Gasteiger partial charge on any atom is -0.306 e. The topological polar surface area (TPSA) is 60.7 Å². The summed E-state index contributed by atoms with van der Waals surface area (Å²) >= 11 is 0. The number of hydrogen-bond acceptors (Lipinski definition) is 2. The molecule has 19 heavy (non-hydrogen) atoms. The Hall–Kier alpha value is -1.99. The molecule has 4 heteroatoms. The van der Waals surface area contributed by atoms with Crippen LogP contribution in [-0.2, 0) is 0 Å². The third-order valence-electron chi connectivity index (χ3n) is 3.27. The second-order valence-electron chi connectivity index (χ2n) is 4.78. The Labute approximate surface area is 112 Å². The fraction of sp³-hybridized carbons (Fsp3) is 0.400. The van der Waals surface area contributed by atoms with Crippen LogP contribution in [-0.4, -0.2) is 16.0 Å². The highest BCUT2D eigenvalue weighted by Gasteiger charge is 2.11. The van der Waals surface area contributed by atoms with Gasteiger partial charge < -0.3 is 9.97 Å². The summed E-state index contributed by atoms with van der Waals surface area (Å²) in [5.41, 5.74) is 2.58. The van der Waals surface area contributed by atoms with Gasteiger partial charge >= 0.3 is 5.69 Å². The monoisotopic (exact) mass is 257 g/mol. The Kier molecular flexibility index (Phi) is 4.08. The summed E-state index contributed by atoms with van der Waals surface area (Å²) in [5, 5.41) is 3.42. The number of benzene rings is 1. The maximum Gasteiger partial charge on any atom is 0.323 e. The van der Waals surface area contributed by atoms with Gasteiger partial charge in [-0.15, -0.1) is 6.42 Å². The van der Waals surface area contributed by atoms with Gasteiger partial charge in [-0.2, -0.15) is 0 Å². The number of hydrogen-bond donors (Lipinski definition) is 3. The molecule has 2 unspecified atom stereocenters. The number of terminal acetylenes is 1. The van der Waals surface area contributed by atoms with Crippen molar-refractivity contribution >= 4 is 11.0 Å². The van der Waals surface area contributed by atoms with Crippen LogP contribution in [0.2, 0.25) is 0 Å². The van der Waals surface area contributed by atoms with Crippen molar-refractivity contribution in [3.05, 3.63) is 34.2 Å². The van der Waals surface area contributed by atoms with E-state index in [0.29, 0.717) is 0 Å². The average Bonchev–Trinajstić information content (AvgIpc) is 2.76. The minimum absolute atomic E-state index is 0.0842. The number of aromatic nitrogens is 2. The molecular formula is C15H19N3O. The molecule has 2 atom stereocenters. The van der Waals surface area contributed by atoms with E-state index >= 15 is 0 Å². The molecular weight excluding hydrogens is 238 g/mol. The molecule has 4 nitrogen and oxygen atoms in total. The molecule has 0 aliphatic rings. The Morgan fingerprint density at radius 3 is 2.79 bits per heavy atom. The molecule has 1 aromatic heterocycles. The molecule has 3 N–H and O–H groups in total. The Morgan fingerprint density at radius 1 is 1.37 bits per heavy atom. The van der Waals surface area contributed by atoms with E-state index in [9.17, 15) is 4.79 Å². The normalized spacial score (nSPS) is 14.2. The van der Waals surface area contributed by atoms with Crippen LogP contribution in [0.15, 0.2) is 23.0 Å². The highest BCUT2D eigenvalue weighted by Crippen LogP contribution is 2.18. The van der Waals surface area contributed by atoms with Crippen molar-refractivity contribution in [2.45, 2.75) is 38.8 Å². The Morgan fingerprint density at radius 2 is 2.11 bits per heavy atom. The predicted molar refractivity (Wildman–Crippen MR) is 78.0 cm³/mol. The highest BCUT2D eigenvalue weighted by molar-refractivity contribution is 5.75. The van der Waals surface area contributed by atoms with E-state index < -0.39 is 0 Å². The van der Waals surface area contributed by atoms with Crippen molar-refractivity contribution in [2.75, 3.05) is 0 Å². The first-order valence-electron chi connectivity index (χ1n) is 6.58. The van der Waals surface area contributed by atoms with Gasteiger partial charge in [0.15, 0.2) is 0 Å². The molecule has 0 fully saturated rings. The third kappa shape index (κ3) is 3.07. The molecule has 0 spiro atoms. The lowest BCUT2D eigenvalue weighted by atomic mass is 10.1. The fourth-order valence-electron chi connectivity index (χ4n) is 2.22. The van der Waals surface area contributed by atoms with Crippen LogP contribution in [0.4, 0.5) is 0 Å².